The molecular formula is C14H14ClFN2OS. The molecule has 1 heterocycles. The van der Waals surface area contributed by atoms with Crippen molar-refractivity contribution in [2.45, 2.75) is 23.3 Å². The van der Waals surface area contributed by atoms with Gasteiger partial charge in [-0.25, -0.2) is 9.37 Å². The van der Waals surface area contributed by atoms with Gasteiger partial charge in [0.1, 0.15) is 5.03 Å². The van der Waals surface area contributed by atoms with Gasteiger partial charge in [-0.3, -0.25) is 0 Å². The Bertz CT molecular complexity index is 610. The van der Waals surface area contributed by atoms with Crippen LogP contribution in [0.3, 0.4) is 0 Å². The number of halogens is 2. The van der Waals surface area contributed by atoms with E-state index in [-0.39, 0.29) is 5.75 Å². The number of ether oxygens (including phenoxy) is 1. The minimum atomic E-state index is -0.465. The number of hydrogen-bond acceptors (Lipinski definition) is 4. The van der Waals surface area contributed by atoms with Gasteiger partial charge in [-0.05, 0) is 24.6 Å². The van der Waals surface area contributed by atoms with E-state index >= 15 is 0 Å². The number of benzene rings is 1. The van der Waals surface area contributed by atoms with E-state index in [1.54, 1.807) is 24.4 Å². The van der Waals surface area contributed by atoms with Crippen LogP contribution >= 0.6 is 23.4 Å². The third-order valence-electron chi connectivity index (χ3n) is 2.46. The maximum atomic E-state index is 13.7. The van der Waals surface area contributed by atoms with Crippen LogP contribution in [0, 0.1) is 5.82 Å². The molecule has 0 aliphatic heterocycles. The monoisotopic (exact) mass is 312 g/mol. The number of nitrogen functional groups attached to an aromatic ring is 1. The molecule has 2 N–H and O–H groups in total. The van der Waals surface area contributed by atoms with Gasteiger partial charge in [0.2, 0.25) is 0 Å². The second-order valence-corrected chi connectivity index (χ2v) is 5.50. The summed E-state index contributed by atoms with van der Waals surface area (Å²) in [6.07, 6.45) is 2.45. The van der Waals surface area contributed by atoms with Crippen LogP contribution in [0.5, 0.6) is 5.75 Å². The number of hydrogen-bond donors (Lipinski definition) is 1. The maximum absolute atomic E-state index is 13.7. The summed E-state index contributed by atoms with van der Waals surface area (Å²) in [5, 5.41) is 1.14. The number of rotatable bonds is 5. The third kappa shape index (κ3) is 3.55. The van der Waals surface area contributed by atoms with E-state index < -0.39 is 5.82 Å². The summed E-state index contributed by atoms with van der Waals surface area (Å²) in [5.41, 5.74) is 6.16. The Balaban J connectivity index is 2.29. The molecule has 0 bridgehead atoms. The third-order valence-corrected chi connectivity index (χ3v) is 3.97. The van der Waals surface area contributed by atoms with Crippen molar-refractivity contribution in [2.75, 3.05) is 12.3 Å². The first-order valence-corrected chi connectivity index (χ1v) is 7.31. The minimum absolute atomic E-state index is 0.190. The fourth-order valence-electron chi connectivity index (χ4n) is 1.51. The van der Waals surface area contributed by atoms with E-state index in [1.807, 2.05) is 6.92 Å². The van der Waals surface area contributed by atoms with Gasteiger partial charge in [0, 0.05) is 22.8 Å². The number of aromatic nitrogens is 1. The summed E-state index contributed by atoms with van der Waals surface area (Å²) in [7, 11) is 0. The van der Waals surface area contributed by atoms with Crippen LogP contribution < -0.4 is 10.5 Å². The molecule has 0 fully saturated rings. The Morgan fingerprint density at radius 1 is 1.45 bits per heavy atom. The molecule has 6 heteroatoms. The summed E-state index contributed by atoms with van der Waals surface area (Å²) in [4.78, 5) is 4.83. The summed E-state index contributed by atoms with van der Waals surface area (Å²) in [5.74, 6) is -0.275. The van der Waals surface area contributed by atoms with Gasteiger partial charge in [0.05, 0.1) is 11.6 Å². The second-order valence-electron chi connectivity index (χ2n) is 4.06. The average molecular weight is 313 g/mol. The highest BCUT2D eigenvalue weighted by molar-refractivity contribution is 7.99. The fourth-order valence-corrected chi connectivity index (χ4v) is 2.58. The molecule has 0 amide bonds. The molecule has 2 rings (SSSR count). The molecule has 0 saturated heterocycles. The smallest absolute Gasteiger partial charge is 0.167 e. The van der Waals surface area contributed by atoms with Gasteiger partial charge in [-0.1, -0.05) is 30.3 Å². The van der Waals surface area contributed by atoms with Crippen molar-refractivity contribution in [2.24, 2.45) is 0 Å². The van der Waals surface area contributed by atoms with Crippen LogP contribution in [-0.4, -0.2) is 11.6 Å². The molecule has 0 aliphatic carbocycles. The first-order valence-electron chi connectivity index (χ1n) is 6.12. The zero-order valence-corrected chi connectivity index (χ0v) is 12.5. The molecule has 0 unspecified atom stereocenters. The van der Waals surface area contributed by atoms with Gasteiger partial charge >= 0.3 is 0 Å². The highest BCUT2D eigenvalue weighted by Gasteiger charge is 2.12. The van der Waals surface area contributed by atoms with Crippen LogP contribution in [-0.2, 0) is 0 Å². The van der Waals surface area contributed by atoms with Crippen molar-refractivity contribution in [1.29, 1.82) is 0 Å². The normalized spacial score (nSPS) is 10.6. The van der Waals surface area contributed by atoms with E-state index in [2.05, 4.69) is 4.98 Å². The number of anilines is 1. The lowest BCUT2D eigenvalue weighted by atomic mass is 10.3. The van der Waals surface area contributed by atoms with E-state index in [0.717, 1.165) is 6.42 Å². The molecule has 0 radical (unpaired) electrons. The predicted octanol–water partition coefficient (Wildman–Crippen LogP) is 4.40. The second kappa shape index (κ2) is 6.81. The highest BCUT2D eigenvalue weighted by atomic mass is 35.5. The molecule has 2 aromatic rings. The molecule has 1 aromatic carbocycles. The van der Waals surface area contributed by atoms with Gasteiger partial charge in [-0.15, -0.1) is 0 Å². The number of pyridine rings is 1. The summed E-state index contributed by atoms with van der Waals surface area (Å²) in [6.45, 7) is 2.41. The number of nitrogens with two attached hydrogens (primary N) is 1. The van der Waals surface area contributed by atoms with E-state index in [1.165, 1.54) is 17.8 Å². The summed E-state index contributed by atoms with van der Waals surface area (Å²) < 4.78 is 19.1. The molecule has 0 saturated carbocycles. The predicted molar refractivity (Wildman–Crippen MR) is 80.0 cm³/mol. The summed E-state index contributed by atoms with van der Waals surface area (Å²) >= 11 is 7.33. The molecule has 0 spiro atoms. The Kier molecular flexibility index (Phi) is 5.09. The molecule has 106 valence electrons. The molecule has 1 aromatic heterocycles. The molecule has 3 nitrogen and oxygen atoms in total. The molecule has 20 heavy (non-hydrogen) atoms. The van der Waals surface area contributed by atoms with Gasteiger partial charge in [-0.2, -0.15) is 0 Å². The van der Waals surface area contributed by atoms with Crippen molar-refractivity contribution in [1.82, 2.24) is 4.98 Å². The zero-order valence-electron chi connectivity index (χ0n) is 10.9. The standard InChI is InChI=1S/C14H14ClFN2OS/c1-2-6-19-12-8-13(11(17)7-10(12)16)20-14-9(15)4-3-5-18-14/h3-5,7-8H,2,6,17H2,1H3. The van der Waals surface area contributed by atoms with Crippen LogP contribution in [0.25, 0.3) is 0 Å². The van der Waals surface area contributed by atoms with Gasteiger partial charge < -0.3 is 10.5 Å². The van der Waals surface area contributed by atoms with Crippen molar-refractivity contribution in [3.8, 4) is 5.75 Å². The molecule has 0 aliphatic rings. The van der Waals surface area contributed by atoms with Gasteiger partial charge in [0.15, 0.2) is 11.6 Å². The lowest BCUT2D eigenvalue weighted by Crippen LogP contribution is -2.00. The minimum Gasteiger partial charge on any atom is -0.490 e. The van der Waals surface area contributed by atoms with Crippen LogP contribution in [0.15, 0.2) is 40.4 Å². The first kappa shape index (κ1) is 14.9. The van der Waals surface area contributed by atoms with Crippen molar-refractivity contribution < 1.29 is 9.13 Å². The quantitative estimate of drug-likeness (QED) is 0.831. The van der Waals surface area contributed by atoms with Crippen LogP contribution in [0.2, 0.25) is 5.02 Å². The first-order chi connectivity index (χ1) is 9.61. The van der Waals surface area contributed by atoms with Crippen LogP contribution in [0.4, 0.5) is 10.1 Å². The van der Waals surface area contributed by atoms with Crippen molar-refractivity contribution in [3.63, 3.8) is 0 Å². The van der Waals surface area contributed by atoms with Crippen LogP contribution in [0.1, 0.15) is 13.3 Å². The largest absolute Gasteiger partial charge is 0.490 e. The zero-order chi connectivity index (χ0) is 14.5. The average Bonchev–Trinajstić information content (AvgIpc) is 2.43. The van der Waals surface area contributed by atoms with Gasteiger partial charge in [0.25, 0.3) is 0 Å². The Morgan fingerprint density at radius 3 is 2.95 bits per heavy atom. The van der Waals surface area contributed by atoms with Crippen molar-refractivity contribution >= 4 is 29.1 Å². The SMILES string of the molecule is CCCOc1cc(Sc2ncccc2Cl)c(N)cc1F. The maximum Gasteiger partial charge on any atom is 0.167 e. The van der Waals surface area contributed by atoms with E-state index in [4.69, 9.17) is 22.1 Å². The lowest BCUT2D eigenvalue weighted by molar-refractivity contribution is 0.300. The Labute approximate surface area is 126 Å². The molecular weight excluding hydrogens is 299 g/mol. The molecule has 0 atom stereocenters. The topological polar surface area (TPSA) is 48.1 Å². The highest BCUT2D eigenvalue weighted by Crippen LogP contribution is 2.37. The number of nitrogens with zero attached hydrogens (tertiary/aromatic N) is 1. The van der Waals surface area contributed by atoms with E-state index in [9.17, 15) is 4.39 Å². The summed E-state index contributed by atoms with van der Waals surface area (Å²) in [6, 6.07) is 6.32. The Hall–Kier alpha value is -1.46. The fraction of sp³-hybridized carbons (Fsp3) is 0.214. The lowest BCUT2D eigenvalue weighted by Gasteiger charge is -2.11. The Morgan fingerprint density at radius 2 is 2.25 bits per heavy atom. The van der Waals surface area contributed by atoms with E-state index in [0.29, 0.717) is 27.2 Å². The van der Waals surface area contributed by atoms with Crippen molar-refractivity contribution in [3.05, 3.63) is 41.3 Å².